The number of nitrogens with one attached hydrogen (secondary N) is 2. The zero-order valence-electron chi connectivity index (χ0n) is 13.0. The number of hydrogen-bond acceptors (Lipinski definition) is 5. The Morgan fingerprint density at radius 1 is 1.21 bits per heavy atom. The Kier molecular flexibility index (Phi) is 4.57. The average molecular weight is 353 g/mol. The van der Waals surface area contributed by atoms with E-state index in [0.29, 0.717) is 19.4 Å². The molecule has 9 heteroatoms. The number of aromatic nitrogens is 2. The van der Waals surface area contributed by atoms with Crippen LogP contribution < -0.4 is 11.2 Å². The topological polar surface area (TPSA) is 123 Å². The Morgan fingerprint density at radius 2 is 2.00 bits per heavy atom. The van der Waals surface area contributed by atoms with E-state index in [1.807, 2.05) is 0 Å². The number of aliphatic hydroxyl groups excluding tert-OH is 1. The smallest absolute Gasteiger partial charge is 0.326 e. The van der Waals surface area contributed by atoms with E-state index in [0.717, 1.165) is 12.8 Å². The Balaban J connectivity index is 2.07. The van der Waals surface area contributed by atoms with Crippen LogP contribution in [0.15, 0.2) is 32.7 Å². The molecule has 1 fully saturated rings. The van der Waals surface area contributed by atoms with E-state index in [1.54, 1.807) is 0 Å². The molecular weight excluding hydrogens is 334 g/mol. The Morgan fingerprint density at radius 3 is 2.75 bits per heavy atom. The highest BCUT2D eigenvalue weighted by atomic mass is 32.2. The first-order chi connectivity index (χ1) is 11.4. The molecule has 2 aromatic rings. The molecule has 8 nitrogen and oxygen atoms in total. The highest BCUT2D eigenvalue weighted by molar-refractivity contribution is 7.89. The van der Waals surface area contributed by atoms with E-state index in [2.05, 4.69) is 9.97 Å². The summed E-state index contributed by atoms with van der Waals surface area (Å²) in [6.07, 6.45) is 2.79. The number of H-pyrrole nitrogens is 2. The molecule has 1 aliphatic heterocycles. The largest absolute Gasteiger partial charge is 0.396 e. The summed E-state index contributed by atoms with van der Waals surface area (Å²) < 4.78 is 27.3. The Labute approximate surface area is 138 Å². The fourth-order valence-corrected chi connectivity index (χ4v) is 4.92. The maximum atomic E-state index is 13.0. The summed E-state index contributed by atoms with van der Waals surface area (Å²) >= 11 is 0. The van der Waals surface area contributed by atoms with E-state index in [9.17, 15) is 23.1 Å². The van der Waals surface area contributed by atoms with Gasteiger partial charge >= 0.3 is 5.69 Å². The molecular formula is C15H19N3O5S. The molecule has 3 rings (SSSR count). The van der Waals surface area contributed by atoms with Gasteiger partial charge in [0, 0.05) is 19.2 Å². The summed E-state index contributed by atoms with van der Waals surface area (Å²) in [5.41, 5.74) is -0.980. The van der Waals surface area contributed by atoms with Gasteiger partial charge in [-0.1, -0.05) is 6.42 Å². The number of hydrogen-bond donors (Lipinski definition) is 3. The highest BCUT2D eigenvalue weighted by Crippen LogP contribution is 2.27. The van der Waals surface area contributed by atoms with Crippen LogP contribution in [0, 0.1) is 0 Å². The van der Waals surface area contributed by atoms with Gasteiger partial charge in [0.1, 0.15) is 0 Å². The molecule has 0 saturated carbocycles. The van der Waals surface area contributed by atoms with Crippen molar-refractivity contribution in [1.29, 1.82) is 0 Å². The van der Waals surface area contributed by atoms with Gasteiger partial charge in [-0.05, 0) is 37.5 Å². The zero-order chi connectivity index (χ0) is 17.3. The molecule has 0 radical (unpaired) electrons. The fourth-order valence-electron chi connectivity index (χ4n) is 3.17. The second kappa shape index (κ2) is 6.50. The molecule has 1 unspecified atom stereocenters. The number of nitrogens with zero attached hydrogens (tertiary/aromatic N) is 1. The van der Waals surface area contributed by atoms with Crippen molar-refractivity contribution in [3.05, 3.63) is 39.0 Å². The van der Waals surface area contributed by atoms with E-state index in [1.165, 1.54) is 22.5 Å². The lowest BCUT2D eigenvalue weighted by molar-refractivity contribution is 0.192. The lowest BCUT2D eigenvalue weighted by atomic mass is 10.0. The Hall–Kier alpha value is -1.97. The van der Waals surface area contributed by atoms with Gasteiger partial charge in [0.05, 0.1) is 15.8 Å². The van der Waals surface area contributed by atoms with E-state index < -0.39 is 21.3 Å². The number of benzene rings is 1. The standard InChI is InChI=1S/C15H19N3O5S/c19-8-6-10-3-1-2-7-18(10)24(22,23)11-4-5-13-12(9-11)14(20)17-15(21)16-13/h4-5,9-10,19H,1-3,6-8H2,(H2,16,17,20,21). The van der Waals surface area contributed by atoms with Crippen LogP contribution in [-0.4, -0.2) is 47.0 Å². The lowest BCUT2D eigenvalue weighted by Crippen LogP contribution is -2.44. The van der Waals surface area contributed by atoms with Crippen LogP contribution in [0.25, 0.3) is 10.9 Å². The number of aliphatic hydroxyl groups is 1. The van der Waals surface area contributed by atoms with Gasteiger partial charge in [0.25, 0.3) is 5.56 Å². The van der Waals surface area contributed by atoms with Gasteiger partial charge in [-0.25, -0.2) is 13.2 Å². The van der Waals surface area contributed by atoms with E-state index >= 15 is 0 Å². The number of sulfonamides is 1. The third kappa shape index (κ3) is 3.02. The maximum absolute atomic E-state index is 13.0. The first-order valence-corrected chi connectivity index (χ1v) is 9.26. The van der Waals surface area contributed by atoms with Crippen LogP contribution in [0.1, 0.15) is 25.7 Å². The molecule has 0 amide bonds. The molecule has 0 bridgehead atoms. The average Bonchev–Trinajstić information content (AvgIpc) is 2.55. The number of aromatic amines is 2. The molecule has 1 aliphatic rings. The lowest BCUT2D eigenvalue weighted by Gasteiger charge is -2.34. The summed E-state index contributed by atoms with van der Waals surface area (Å²) in [7, 11) is -3.77. The quantitative estimate of drug-likeness (QED) is 0.721. The minimum atomic E-state index is -3.77. The van der Waals surface area contributed by atoms with Crippen molar-refractivity contribution in [2.75, 3.05) is 13.2 Å². The highest BCUT2D eigenvalue weighted by Gasteiger charge is 2.33. The van der Waals surface area contributed by atoms with Crippen LogP contribution in [0.3, 0.4) is 0 Å². The van der Waals surface area contributed by atoms with E-state index in [-0.39, 0.29) is 28.4 Å². The number of rotatable bonds is 4. The zero-order valence-corrected chi connectivity index (χ0v) is 13.8. The van der Waals surface area contributed by atoms with Crippen molar-refractivity contribution in [1.82, 2.24) is 14.3 Å². The van der Waals surface area contributed by atoms with Crippen molar-refractivity contribution in [2.45, 2.75) is 36.6 Å². The van der Waals surface area contributed by atoms with Gasteiger partial charge < -0.3 is 10.1 Å². The summed E-state index contributed by atoms with van der Waals surface area (Å²) in [5, 5.41) is 9.29. The van der Waals surface area contributed by atoms with Gasteiger partial charge in [-0.3, -0.25) is 9.78 Å². The number of piperidine rings is 1. The molecule has 24 heavy (non-hydrogen) atoms. The molecule has 0 spiro atoms. The van der Waals surface area contributed by atoms with Gasteiger partial charge in [0.2, 0.25) is 10.0 Å². The minimum Gasteiger partial charge on any atom is -0.396 e. The predicted octanol–water partition coefficient (Wildman–Crippen LogP) is 0.142. The molecule has 1 aromatic heterocycles. The van der Waals surface area contributed by atoms with Crippen LogP contribution in [-0.2, 0) is 10.0 Å². The van der Waals surface area contributed by atoms with Gasteiger partial charge in [0.15, 0.2) is 0 Å². The van der Waals surface area contributed by atoms with Crippen molar-refractivity contribution in [3.8, 4) is 0 Å². The molecule has 3 N–H and O–H groups in total. The van der Waals surface area contributed by atoms with Crippen molar-refractivity contribution < 1.29 is 13.5 Å². The number of fused-ring (bicyclic) bond motifs is 1. The maximum Gasteiger partial charge on any atom is 0.326 e. The second-order valence-corrected chi connectivity index (χ2v) is 7.78. The van der Waals surface area contributed by atoms with Gasteiger partial charge in [-0.15, -0.1) is 0 Å². The summed E-state index contributed by atoms with van der Waals surface area (Å²) in [5.74, 6) is 0. The molecule has 1 saturated heterocycles. The normalized spacial score (nSPS) is 19.6. The molecule has 1 aromatic carbocycles. The second-order valence-electron chi connectivity index (χ2n) is 5.89. The Bertz CT molecular complexity index is 961. The SMILES string of the molecule is O=c1[nH]c(=O)c2cc(S(=O)(=O)N3CCCCC3CCO)ccc2[nH]1. The summed E-state index contributed by atoms with van der Waals surface area (Å²) in [4.78, 5) is 27.8. The molecule has 2 heterocycles. The molecule has 1 atom stereocenters. The monoisotopic (exact) mass is 353 g/mol. The van der Waals surface area contributed by atoms with Gasteiger partial charge in [-0.2, -0.15) is 4.31 Å². The van der Waals surface area contributed by atoms with Crippen molar-refractivity contribution >= 4 is 20.9 Å². The third-order valence-electron chi connectivity index (χ3n) is 4.35. The molecule has 0 aliphatic carbocycles. The predicted molar refractivity (Wildman–Crippen MR) is 88.4 cm³/mol. The van der Waals surface area contributed by atoms with Crippen LogP contribution >= 0.6 is 0 Å². The summed E-state index contributed by atoms with van der Waals surface area (Å²) in [6.45, 7) is 0.322. The minimum absolute atomic E-state index is 0.0115. The third-order valence-corrected chi connectivity index (χ3v) is 6.30. The van der Waals surface area contributed by atoms with Crippen LogP contribution in [0.5, 0.6) is 0 Å². The van der Waals surface area contributed by atoms with Crippen molar-refractivity contribution in [3.63, 3.8) is 0 Å². The first-order valence-electron chi connectivity index (χ1n) is 7.82. The van der Waals surface area contributed by atoms with E-state index in [4.69, 9.17) is 0 Å². The van der Waals surface area contributed by atoms with Crippen LogP contribution in [0.2, 0.25) is 0 Å². The molecule has 130 valence electrons. The fraction of sp³-hybridized carbons (Fsp3) is 0.467. The van der Waals surface area contributed by atoms with Crippen molar-refractivity contribution in [2.24, 2.45) is 0 Å². The summed E-state index contributed by atoms with van der Waals surface area (Å²) in [6, 6.07) is 3.85. The first kappa shape index (κ1) is 16.9. The van der Waals surface area contributed by atoms with Crippen LogP contribution in [0.4, 0.5) is 0 Å².